The van der Waals surface area contributed by atoms with E-state index in [2.05, 4.69) is 10.6 Å². The van der Waals surface area contributed by atoms with Gasteiger partial charge in [-0.3, -0.25) is 9.59 Å². The number of carbonyl (C=O) groups is 2. The van der Waals surface area contributed by atoms with Crippen molar-refractivity contribution in [2.75, 3.05) is 32.0 Å². The van der Waals surface area contributed by atoms with Gasteiger partial charge in [0.25, 0.3) is 5.91 Å². The van der Waals surface area contributed by atoms with Crippen LogP contribution in [0.4, 0.5) is 11.4 Å². The number of rotatable bonds is 6. The van der Waals surface area contributed by atoms with Gasteiger partial charge in [-0.2, -0.15) is 0 Å². The predicted octanol–water partition coefficient (Wildman–Crippen LogP) is 2.92. The second kappa shape index (κ2) is 8.05. The molecule has 0 bridgehead atoms. The highest BCUT2D eigenvalue weighted by Crippen LogP contribution is 2.38. The molecule has 0 radical (unpaired) electrons. The maximum absolute atomic E-state index is 12.6. The van der Waals surface area contributed by atoms with Crippen molar-refractivity contribution in [2.45, 2.75) is 6.92 Å². The minimum Gasteiger partial charge on any atom is -0.493 e. The van der Waals surface area contributed by atoms with Crippen LogP contribution in [0.15, 0.2) is 36.4 Å². The van der Waals surface area contributed by atoms with Crippen molar-refractivity contribution in [3.05, 3.63) is 42.0 Å². The highest BCUT2D eigenvalue weighted by molar-refractivity contribution is 6.07. The summed E-state index contributed by atoms with van der Waals surface area (Å²) in [5.41, 5.74) is 1.32. The molecule has 0 saturated heterocycles. The first-order chi connectivity index (χ1) is 12.0. The average Bonchev–Trinajstić information content (AvgIpc) is 2.61. The van der Waals surface area contributed by atoms with E-state index in [9.17, 15) is 9.59 Å². The number of amides is 2. The highest BCUT2D eigenvalue weighted by Gasteiger charge is 2.17. The summed E-state index contributed by atoms with van der Waals surface area (Å²) in [6, 6.07) is 10.0. The van der Waals surface area contributed by atoms with Crippen molar-refractivity contribution >= 4 is 23.2 Å². The molecule has 0 unspecified atom stereocenters. The van der Waals surface area contributed by atoms with Gasteiger partial charge in [-0.1, -0.05) is 12.1 Å². The first-order valence-corrected chi connectivity index (χ1v) is 7.48. The lowest BCUT2D eigenvalue weighted by atomic mass is 10.1. The second-order valence-corrected chi connectivity index (χ2v) is 5.09. The number of anilines is 2. The molecular formula is C18H20N2O5. The number of carbonyl (C=O) groups excluding carboxylic acids is 2. The number of nitrogens with one attached hydrogen (secondary N) is 2. The minimum atomic E-state index is -0.378. The second-order valence-electron chi connectivity index (χ2n) is 5.09. The molecule has 0 aliphatic heterocycles. The fourth-order valence-electron chi connectivity index (χ4n) is 2.30. The van der Waals surface area contributed by atoms with Gasteiger partial charge in [0, 0.05) is 12.5 Å². The summed E-state index contributed by atoms with van der Waals surface area (Å²) < 4.78 is 15.8. The van der Waals surface area contributed by atoms with Crippen molar-refractivity contribution in [1.82, 2.24) is 0 Å². The van der Waals surface area contributed by atoms with E-state index in [1.54, 1.807) is 36.4 Å². The molecule has 0 aliphatic carbocycles. The molecule has 0 heterocycles. The lowest BCUT2D eigenvalue weighted by Gasteiger charge is -2.15. The molecule has 0 fully saturated rings. The molecule has 132 valence electrons. The molecule has 7 heteroatoms. The zero-order valence-corrected chi connectivity index (χ0v) is 14.5. The van der Waals surface area contributed by atoms with Gasteiger partial charge in [0.05, 0.1) is 32.7 Å². The third-order valence-electron chi connectivity index (χ3n) is 3.41. The van der Waals surface area contributed by atoms with Crippen molar-refractivity contribution in [2.24, 2.45) is 0 Å². The molecule has 25 heavy (non-hydrogen) atoms. The van der Waals surface area contributed by atoms with Crippen LogP contribution >= 0.6 is 0 Å². The van der Waals surface area contributed by atoms with Crippen LogP contribution in [0.25, 0.3) is 0 Å². The van der Waals surface area contributed by atoms with Crippen LogP contribution in [0.3, 0.4) is 0 Å². The average molecular weight is 344 g/mol. The van der Waals surface area contributed by atoms with Crippen molar-refractivity contribution in [1.29, 1.82) is 0 Å². The van der Waals surface area contributed by atoms with Crippen LogP contribution in [0.5, 0.6) is 17.2 Å². The maximum atomic E-state index is 12.6. The molecule has 0 saturated carbocycles. The largest absolute Gasteiger partial charge is 0.493 e. The summed E-state index contributed by atoms with van der Waals surface area (Å²) in [6.45, 7) is 1.40. The third-order valence-corrected chi connectivity index (χ3v) is 3.41. The highest BCUT2D eigenvalue weighted by atomic mass is 16.5. The van der Waals surface area contributed by atoms with Gasteiger partial charge in [-0.05, 0) is 24.3 Å². The van der Waals surface area contributed by atoms with Crippen LogP contribution in [0, 0.1) is 0 Å². The summed E-state index contributed by atoms with van der Waals surface area (Å²) >= 11 is 0. The number of hydrogen-bond donors (Lipinski definition) is 2. The zero-order valence-electron chi connectivity index (χ0n) is 14.5. The fourth-order valence-corrected chi connectivity index (χ4v) is 2.30. The molecule has 0 spiro atoms. The number of ether oxygens (including phenoxy) is 3. The summed E-state index contributed by atoms with van der Waals surface area (Å²) in [4.78, 5) is 23.9. The molecule has 2 aromatic rings. The first kappa shape index (κ1) is 18.1. The van der Waals surface area contributed by atoms with Crippen LogP contribution in [-0.4, -0.2) is 33.1 Å². The molecule has 0 aromatic heterocycles. The maximum Gasteiger partial charge on any atom is 0.255 e. The van der Waals surface area contributed by atoms with Gasteiger partial charge < -0.3 is 24.8 Å². The molecular weight excluding hydrogens is 324 g/mol. The molecule has 2 aromatic carbocycles. The quantitative estimate of drug-likeness (QED) is 0.841. The van der Waals surface area contributed by atoms with Crippen LogP contribution in [-0.2, 0) is 4.79 Å². The lowest BCUT2D eigenvalue weighted by Crippen LogP contribution is -2.15. The standard InChI is InChI=1S/C18H20N2O5/c1-11(21)19-13-7-5-6-8-14(13)20-18(22)12-9-15(23-2)17(25-4)16(10-12)24-3/h5-10H,1-4H3,(H,19,21)(H,20,22). The smallest absolute Gasteiger partial charge is 0.255 e. The van der Waals surface area contributed by atoms with E-state index in [4.69, 9.17) is 14.2 Å². The Kier molecular flexibility index (Phi) is 5.84. The van der Waals surface area contributed by atoms with Crippen molar-refractivity contribution in [3.8, 4) is 17.2 Å². The van der Waals surface area contributed by atoms with E-state index in [-0.39, 0.29) is 11.8 Å². The van der Waals surface area contributed by atoms with E-state index in [1.807, 2.05) is 0 Å². The predicted molar refractivity (Wildman–Crippen MR) is 94.8 cm³/mol. The Bertz CT molecular complexity index is 764. The molecule has 2 rings (SSSR count). The van der Waals surface area contributed by atoms with Gasteiger partial charge in [-0.15, -0.1) is 0 Å². The van der Waals surface area contributed by atoms with Gasteiger partial charge >= 0.3 is 0 Å². The molecule has 2 N–H and O–H groups in total. The summed E-state index contributed by atoms with van der Waals surface area (Å²) in [5.74, 6) is 0.552. The van der Waals surface area contributed by atoms with E-state index in [1.165, 1.54) is 28.3 Å². The Morgan fingerprint density at radius 1 is 0.840 bits per heavy atom. The normalized spacial score (nSPS) is 9.92. The monoisotopic (exact) mass is 344 g/mol. The minimum absolute atomic E-state index is 0.227. The van der Waals surface area contributed by atoms with E-state index >= 15 is 0 Å². The summed E-state index contributed by atoms with van der Waals surface area (Å²) in [7, 11) is 4.44. The Hall–Kier alpha value is -3.22. The Morgan fingerprint density at radius 2 is 1.36 bits per heavy atom. The van der Waals surface area contributed by atoms with E-state index in [0.29, 0.717) is 34.2 Å². The fraction of sp³-hybridized carbons (Fsp3) is 0.222. The van der Waals surface area contributed by atoms with Crippen LogP contribution < -0.4 is 24.8 Å². The van der Waals surface area contributed by atoms with Gasteiger partial charge in [-0.25, -0.2) is 0 Å². The van der Waals surface area contributed by atoms with Gasteiger partial charge in [0.1, 0.15) is 0 Å². The summed E-state index contributed by atoms with van der Waals surface area (Å²) in [6.07, 6.45) is 0. The number of hydrogen-bond acceptors (Lipinski definition) is 5. The molecule has 2 amide bonds. The van der Waals surface area contributed by atoms with E-state index < -0.39 is 0 Å². The Balaban J connectivity index is 2.35. The molecule has 0 aliphatic rings. The number of methoxy groups -OCH3 is 3. The molecule has 0 atom stereocenters. The van der Waals surface area contributed by atoms with Crippen molar-refractivity contribution in [3.63, 3.8) is 0 Å². The van der Waals surface area contributed by atoms with Crippen molar-refractivity contribution < 1.29 is 23.8 Å². The van der Waals surface area contributed by atoms with Gasteiger partial charge in [0.2, 0.25) is 11.7 Å². The number of benzene rings is 2. The molecule has 7 nitrogen and oxygen atoms in total. The summed E-state index contributed by atoms with van der Waals surface area (Å²) in [5, 5.41) is 5.44. The topological polar surface area (TPSA) is 85.9 Å². The third kappa shape index (κ3) is 4.20. The Morgan fingerprint density at radius 3 is 1.80 bits per heavy atom. The first-order valence-electron chi connectivity index (χ1n) is 7.48. The zero-order chi connectivity index (χ0) is 18.4. The number of para-hydroxylation sites is 2. The Labute approximate surface area is 145 Å². The van der Waals surface area contributed by atoms with Gasteiger partial charge in [0.15, 0.2) is 11.5 Å². The van der Waals surface area contributed by atoms with Crippen LogP contribution in [0.2, 0.25) is 0 Å². The lowest BCUT2D eigenvalue weighted by molar-refractivity contribution is -0.114. The van der Waals surface area contributed by atoms with E-state index in [0.717, 1.165) is 0 Å². The van der Waals surface area contributed by atoms with Crippen LogP contribution in [0.1, 0.15) is 17.3 Å². The SMILES string of the molecule is COc1cc(C(=O)Nc2ccccc2NC(C)=O)cc(OC)c1OC.